The number of nitrogens with one attached hydrogen (secondary N) is 2. The second-order valence-electron chi connectivity index (χ2n) is 11.0. The van der Waals surface area contributed by atoms with E-state index in [-0.39, 0.29) is 39.8 Å². The second kappa shape index (κ2) is 16.1. The summed E-state index contributed by atoms with van der Waals surface area (Å²) in [5.41, 5.74) is -0.903. The molecule has 4 radical (unpaired) electrons. The zero-order valence-corrected chi connectivity index (χ0v) is 30.7. The van der Waals surface area contributed by atoms with E-state index in [1.54, 1.807) is 29.2 Å². The monoisotopic (exact) mass is 810 g/mol. The molecule has 4 aromatic carbocycles. The van der Waals surface area contributed by atoms with Gasteiger partial charge < -0.3 is 25.2 Å². The first-order chi connectivity index (χ1) is 25.4. The highest BCUT2D eigenvalue weighted by Gasteiger charge is 2.28. The molecule has 0 aliphatic rings. The molecular formula is C30H25B2ClN8O10S3. The fraction of sp³-hybridized carbons (Fsp3) is 0.133. The normalized spacial score (nSPS) is 13.1. The number of aromatic nitrogens is 3. The molecule has 6 N–H and O–H groups in total. The summed E-state index contributed by atoms with van der Waals surface area (Å²) in [6.07, 6.45) is -0.209. The Labute approximate surface area is 317 Å². The van der Waals surface area contributed by atoms with Crippen LogP contribution in [0.4, 0.5) is 40.3 Å². The minimum Gasteiger partial charge on any atom is -0.505 e. The molecule has 2 unspecified atom stereocenters. The van der Waals surface area contributed by atoms with E-state index < -0.39 is 80.7 Å². The van der Waals surface area contributed by atoms with Crippen LogP contribution in [0.1, 0.15) is 6.92 Å². The number of azo groups is 1. The number of hydrogen-bond donors (Lipinski definition) is 6. The molecule has 5 rings (SSSR count). The number of fused-ring (bicyclic) bond motifs is 1. The van der Waals surface area contributed by atoms with Crippen LogP contribution in [-0.4, -0.2) is 82.9 Å². The van der Waals surface area contributed by atoms with Gasteiger partial charge in [-0.2, -0.15) is 31.8 Å². The summed E-state index contributed by atoms with van der Waals surface area (Å²) >= 11 is 3.53. The third kappa shape index (κ3) is 8.84. The molecule has 1 amide bonds. The highest BCUT2D eigenvalue weighted by atomic mass is 35.5. The van der Waals surface area contributed by atoms with Gasteiger partial charge >= 0.3 is 0 Å². The number of amides is 1. The number of nitrogens with zero attached hydrogens (tertiary/aromatic N) is 6. The summed E-state index contributed by atoms with van der Waals surface area (Å²) in [5.74, 6) is -3.09. The van der Waals surface area contributed by atoms with Crippen LogP contribution < -0.4 is 15.5 Å². The molecule has 1 aromatic heterocycles. The van der Waals surface area contributed by atoms with E-state index in [1.807, 2.05) is 13.0 Å². The molecule has 1 heterocycles. The van der Waals surface area contributed by atoms with Crippen LogP contribution in [0.2, 0.25) is 17.4 Å². The molecule has 0 saturated carbocycles. The molecule has 54 heavy (non-hydrogen) atoms. The lowest BCUT2D eigenvalue weighted by atomic mass is 9.76. The molecular weight excluding hydrogens is 786 g/mol. The number of halogens is 1. The predicted molar refractivity (Wildman–Crippen MR) is 201 cm³/mol. The van der Waals surface area contributed by atoms with E-state index in [2.05, 4.69) is 35.8 Å². The van der Waals surface area contributed by atoms with Crippen LogP contribution in [0.15, 0.2) is 91.6 Å². The molecule has 0 fully saturated rings. The quantitative estimate of drug-likeness (QED) is 0.0383. The van der Waals surface area contributed by atoms with Crippen molar-refractivity contribution in [2.75, 3.05) is 22.1 Å². The van der Waals surface area contributed by atoms with Crippen LogP contribution >= 0.6 is 11.6 Å². The molecule has 5 aromatic rings. The van der Waals surface area contributed by atoms with Gasteiger partial charge in [-0.3, -0.25) is 13.9 Å². The van der Waals surface area contributed by atoms with Crippen LogP contribution in [0.25, 0.3) is 10.8 Å². The minimum absolute atomic E-state index is 0.00153. The molecule has 18 nitrogen and oxygen atoms in total. The smallest absolute Gasteiger partial charge is 0.296 e. The van der Waals surface area contributed by atoms with Gasteiger partial charge in [-0.25, -0.2) is 4.21 Å². The van der Waals surface area contributed by atoms with Crippen molar-refractivity contribution >= 4 is 116 Å². The maximum absolute atomic E-state index is 12.6. The zero-order chi connectivity index (χ0) is 39.5. The lowest BCUT2D eigenvalue weighted by Gasteiger charge is -2.21. The molecule has 0 aliphatic carbocycles. The molecule has 0 saturated heterocycles. The Morgan fingerprint density at radius 2 is 1.67 bits per heavy atom. The van der Waals surface area contributed by atoms with E-state index in [0.717, 1.165) is 24.3 Å². The number of rotatable bonds is 13. The van der Waals surface area contributed by atoms with E-state index in [9.17, 15) is 44.6 Å². The maximum atomic E-state index is 12.6. The first kappa shape index (κ1) is 40.2. The summed E-state index contributed by atoms with van der Waals surface area (Å²) in [4.78, 5) is 24.2. The average molecular weight is 811 g/mol. The van der Waals surface area contributed by atoms with Gasteiger partial charge in [0, 0.05) is 23.3 Å². The van der Waals surface area contributed by atoms with Crippen molar-refractivity contribution in [3.63, 3.8) is 0 Å². The summed E-state index contributed by atoms with van der Waals surface area (Å²) in [7, 11) is 0.585. The van der Waals surface area contributed by atoms with Crippen molar-refractivity contribution < 1.29 is 44.6 Å². The Morgan fingerprint density at radius 1 is 0.981 bits per heavy atom. The van der Waals surface area contributed by atoms with Crippen LogP contribution in [0.5, 0.6) is 5.75 Å². The van der Waals surface area contributed by atoms with Gasteiger partial charge in [-0.05, 0) is 72.9 Å². The van der Waals surface area contributed by atoms with E-state index in [0.29, 0.717) is 18.3 Å². The first-order valence-electron chi connectivity index (χ1n) is 15.1. The van der Waals surface area contributed by atoms with Gasteiger partial charge in [0.2, 0.25) is 23.1 Å². The second-order valence-corrected chi connectivity index (χ2v) is 15.0. The molecule has 0 spiro atoms. The molecule has 2 atom stereocenters. The van der Waals surface area contributed by atoms with Crippen molar-refractivity contribution in [2.45, 2.75) is 33.7 Å². The highest BCUT2D eigenvalue weighted by Crippen LogP contribution is 2.47. The number of phenols is 1. The number of carbonyl (C=O) groups is 1. The Morgan fingerprint density at radius 3 is 2.28 bits per heavy atom. The molecule has 276 valence electrons. The highest BCUT2D eigenvalue weighted by molar-refractivity contribution is 7.86. The van der Waals surface area contributed by atoms with Crippen LogP contribution in [0.3, 0.4) is 0 Å². The van der Waals surface area contributed by atoms with Crippen molar-refractivity contribution in [1.29, 1.82) is 0 Å². The Hall–Kier alpha value is -5.03. The first-order valence-corrected chi connectivity index (χ1v) is 19.5. The van der Waals surface area contributed by atoms with Gasteiger partial charge in [0.15, 0.2) is 16.8 Å². The number of anilines is 5. The zero-order valence-electron chi connectivity index (χ0n) is 27.5. The van der Waals surface area contributed by atoms with Gasteiger partial charge in [0.05, 0.1) is 31.7 Å². The number of carbonyl (C=O) groups excluding carboxylic acids is 1. The third-order valence-electron chi connectivity index (χ3n) is 7.46. The minimum atomic E-state index is -5.36. The summed E-state index contributed by atoms with van der Waals surface area (Å²) < 4.78 is 92.3. The summed E-state index contributed by atoms with van der Waals surface area (Å²) in [6, 6.07) is 14.9. The molecule has 0 bridgehead atoms. The SMILES string of the molecule is [B]CC([B])C(=O)Nc1ccc(S(=O)O)c(N=Nc2c(S(=O)(=O)O)cc3c(S(=O)(=O)O)ccc(Nc4nc(Cl)nc(N(CC)c5ccccc5)n4)c3c2O)c1. The van der Waals surface area contributed by atoms with Gasteiger partial charge in [0.1, 0.15) is 21.2 Å². The van der Waals surface area contributed by atoms with Crippen molar-refractivity contribution in [1.82, 2.24) is 15.0 Å². The van der Waals surface area contributed by atoms with E-state index in [4.69, 9.17) is 27.3 Å². The summed E-state index contributed by atoms with van der Waals surface area (Å²) in [6.45, 7) is 2.20. The number of aromatic hydroxyl groups is 1. The van der Waals surface area contributed by atoms with E-state index >= 15 is 0 Å². The predicted octanol–water partition coefficient (Wildman–Crippen LogP) is 5.26. The Bertz CT molecular complexity index is 2550. The third-order valence-corrected chi connectivity index (χ3v) is 10.1. The summed E-state index contributed by atoms with van der Waals surface area (Å²) in [5, 5.41) is 23.0. The van der Waals surface area contributed by atoms with Crippen molar-refractivity contribution in [3.05, 3.63) is 72.0 Å². The number of para-hydroxylation sites is 1. The maximum Gasteiger partial charge on any atom is 0.296 e. The van der Waals surface area contributed by atoms with Gasteiger partial charge in [-0.1, -0.05) is 24.5 Å². The molecule has 0 aliphatic heterocycles. The average Bonchev–Trinajstić information content (AvgIpc) is 3.10. The van der Waals surface area contributed by atoms with E-state index in [1.165, 1.54) is 6.07 Å². The van der Waals surface area contributed by atoms with Gasteiger partial charge in [0.25, 0.3) is 20.2 Å². The topological polar surface area (TPSA) is 274 Å². The van der Waals surface area contributed by atoms with Gasteiger partial charge in [-0.15, -0.1) is 10.2 Å². The Kier molecular flexibility index (Phi) is 12.0. The number of hydrogen-bond acceptors (Lipinski definition) is 14. The lowest BCUT2D eigenvalue weighted by molar-refractivity contribution is -0.115. The lowest BCUT2D eigenvalue weighted by Crippen LogP contribution is -2.19. The van der Waals surface area contributed by atoms with Crippen LogP contribution in [-0.2, 0) is 36.1 Å². The van der Waals surface area contributed by atoms with Crippen molar-refractivity contribution in [2.24, 2.45) is 10.2 Å². The van der Waals surface area contributed by atoms with Crippen LogP contribution in [0, 0.1) is 0 Å². The number of phenolic OH excluding ortho intramolecular Hbond substituents is 1. The fourth-order valence-electron chi connectivity index (χ4n) is 5.01. The number of benzene rings is 4. The molecule has 24 heteroatoms. The Balaban J connectivity index is 1.72. The standard InChI is InChI=1S/C30H25B2ClN8O10S3/c1-2-41(16-6-4-3-5-7-16)30-37-28(33)36-29(38-30)35-19-9-11-22(53(46,47)48)17-13-23(54(49,50)51)25(26(42)24(17)19)40-39-20-12-15(8-10-21(20)52(44)45)34-27(43)18(32)14-31/h3-13,18,42H,2,14H2,1H3,(H,34,43)(H,44,45)(H,46,47,48)(H,49,50,51)(H,35,36,37,38). The fourth-order valence-corrected chi connectivity index (χ4v) is 6.95. The van der Waals surface area contributed by atoms with Crippen molar-refractivity contribution in [3.8, 4) is 5.75 Å². The largest absolute Gasteiger partial charge is 0.505 e.